The van der Waals surface area contributed by atoms with Gasteiger partial charge < -0.3 is 0 Å². The molecule has 1 heterocycles. The van der Waals surface area contributed by atoms with Gasteiger partial charge in [-0.1, -0.05) is 24.3 Å². The first-order valence-corrected chi connectivity index (χ1v) is 11.7. The minimum Gasteiger partial charge on any atom is -0.299 e. The first kappa shape index (κ1) is 17.1. The van der Waals surface area contributed by atoms with E-state index in [1.165, 1.54) is 0 Å². The minimum atomic E-state index is -4.32. The summed E-state index contributed by atoms with van der Waals surface area (Å²) in [6.45, 7) is 0. The van der Waals surface area contributed by atoms with Crippen molar-refractivity contribution in [2.75, 3.05) is 5.75 Å². The van der Waals surface area contributed by atoms with Crippen LogP contribution in [0.5, 0.6) is 0 Å². The van der Waals surface area contributed by atoms with E-state index in [-0.39, 0.29) is 28.2 Å². The molecule has 4 aliphatic carbocycles. The average molecular weight is 423 g/mol. The molecule has 30 heavy (non-hydrogen) atoms. The third-order valence-electron chi connectivity index (χ3n) is 8.57. The zero-order valence-electron chi connectivity index (χ0n) is 15.8. The molecule has 7 nitrogen and oxygen atoms in total. The van der Waals surface area contributed by atoms with Gasteiger partial charge in [0, 0.05) is 11.3 Å². The molecule has 2 amide bonds. The second kappa shape index (κ2) is 4.84. The molecule has 0 saturated heterocycles. The Labute approximate surface area is 172 Å². The number of hydroxylamine groups is 2. The van der Waals surface area contributed by atoms with Crippen LogP contribution in [0.25, 0.3) is 10.8 Å². The van der Waals surface area contributed by atoms with E-state index in [0.29, 0.717) is 28.7 Å². The Balaban J connectivity index is 1.22. The number of hydrogen-bond donors (Lipinski definition) is 0. The summed E-state index contributed by atoms with van der Waals surface area (Å²) in [6.07, 6.45) is 2.53. The summed E-state index contributed by atoms with van der Waals surface area (Å²) >= 11 is 0. The summed E-state index contributed by atoms with van der Waals surface area (Å²) in [5, 5.41) is 1.56. The molecule has 4 fully saturated rings. The highest BCUT2D eigenvalue weighted by Gasteiger charge is 2.92. The van der Waals surface area contributed by atoms with Gasteiger partial charge in [-0.05, 0) is 54.0 Å². The number of hydrogen-bond acceptors (Lipinski definition) is 6. The number of Topliss-reactive ketones (excluding diaryl/α,β-unsaturated/α-hetero) is 1. The number of imide groups is 1. The quantitative estimate of drug-likeness (QED) is 0.700. The smallest absolute Gasteiger partial charge is 0.289 e. The first-order valence-electron chi connectivity index (χ1n) is 10.2. The lowest BCUT2D eigenvalue weighted by Crippen LogP contribution is -2.91. The second-order valence-corrected chi connectivity index (χ2v) is 10.9. The monoisotopic (exact) mass is 423 g/mol. The SMILES string of the molecule is O=C1c2cccc3cccc(c23)C(=O)N1OS(=O)(=O)CC12CC3CC4CC(C1=O)C432. The maximum absolute atomic E-state index is 13.0. The highest BCUT2D eigenvalue weighted by Crippen LogP contribution is 2.91. The zero-order valence-corrected chi connectivity index (χ0v) is 16.6. The summed E-state index contributed by atoms with van der Waals surface area (Å²) in [5.74, 6) is -1.16. The molecule has 1 aliphatic heterocycles. The molecule has 5 aliphatic rings. The third-order valence-corrected chi connectivity index (χ3v) is 9.80. The minimum absolute atomic E-state index is 0.00734. The van der Waals surface area contributed by atoms with Crippen molar-refractivity contribution in [1.29, 1.82) is 0 Å². The van der Waals surface area contributed by atoms with Gasteiger partial charge in [0.1, 0.15) is 5.78 Å². The molecular weight excluding hydrogens is 406 g/mol. The predicted octanol–water partition coefficient (Wildman–Crippen LogP) is 2.31. The average Bonchev–Trinajstić information content (AvgIpc) is 2.68. The lowest BCUT2D eigenvalue weighted by atomic mass is 9.13. The first-order chi connectivity index (χ1) is 14.3. The maximum atomic E-state index is 13.0. The molecule has 0 N–H and O–H groups in total. The van der Waals surface area contributed by atoms with Gasteiger partial charge in [0.2, 0.25) is 0 Å². The summed E-state index contributed by atoms with van der Waals surface area (Å²) in [4.78, 5) is 38.5. The number of amides is 2. The van der Waals surface area contributed by atoms with Crippen LogP contribution < -0.4 is 0 Å². The molecule has 7 rings (SSSR count). The molecule has 4 saturated carbocycles. The van der Waals surface area contributed by atoms with Gasteiger partial charge in [-0.15, -0.1) is 9.35 Å². The molecule has 5 atom stereocenters. The lowest BCUT2D eigenvalue weighted by Gasteiger charge is -2.89. The summed E-state index contributed by atoms with van der Waals surface area (Å²) in [7, 11) is -4.32. The van der Waals surface area contributed by atoms with E-state index >= 15 is 0 Å². The van der Waals surface area contributed by atoms with Gasteiger partial charge in [0.25, 0.3) is 21.9 Å². The summed E-state index contributed by atoms with van der Waals surface area (Å²) in [5.41, 5.74) is -0.580. The third kappa shape index (κ3) is 1.56. The van der Waals surface area contributed by atoms with Crippen LogP contribution in [-0.2, 0) is 19.2 Å². The van der Waals surface area contributed by atoms with Crippen molar-refractivity contribution in [2.45, 2.75) is 19.3 Å². The Morgan fingerprint density at radius 2 is 1.63 bits per heavy atom. The van der Waals surface area contributed by atoms with Crippen molar-refractivity contribution in [2.24, 2.45) is 28.6 Å². The van der Waals surface area contributed by atoms with Gasteiger partial charge in [0.05, 0.1) is 22.3 Å². The Morgan fingerprint density at radius 3 is 2.23 bits per heavy atom. The van der Waals surface area contributed by atoms with Crippen molar-refractivity contribution < 1.29 is 27.1 Å². The largest absolute Gasteiger partial charge is 0.299 e. The highest BCUT2D eigenvalue weighted by atomic mass is 32.2. The molecule has 8 heteroatoms. The Morgan fingerprint density at radius 1 is 0.967 bits per heavy atom. The Kier molecular flexibility index (Phi) is 2.76. The fraction of sp³-hybridized carbons (Fsp3) is 0.409. The predicted molar refractivity (Wildman–Crippen MR) is 104 cm³/mol. The Bertz CT molecular complexity index is 1290. The number of ketones is 1. The maximum Gasteiger partial charge on any atom is 0.289 e. The van der Waals surface area contributed by atoms with Crippen LogP contribution in [0.3, 0.4) is 0 Å². The van der Waals surface area contributed by atoms with Crippen LogP contribution in [0, 0.1) is 28.6 Å². The van der Waals surface area contributed by atoms with Crippen molar-refractivity contribution in [3.05, 3.63) is 47.5 Å². The molecule has 152 valence electrons. The molecule has 0 aromatic heterocycles. The van der Waals surface area contributed by atoms with Crippen LogP contribution in [0.15, 0.2) is 36.4 Å². The normalized spacial score (nSPS) is 37.5. The number of carbonyl (C=O) groups excluding carboxylic acids is 3. The summed E-state index contributed by atoms with van der Waals surface area (Å²) < 4.78 is 31.0. The van der Waals surface area contributed by atoms with Crippen molar-refractivity contribution in [1.82, 2.24) is 5.06 Å². The highest BCUT2D eigenvalue weighted by molar-refractivity contribution is 7.86. The van der Waals surface area contributed by atoms with E-state index in [1.807, 2.05) is 0 Å². The van der Waals surface area contributed by atoms with Crippen LogP contribution in [-0.4, -0.2) is 36.8 Å². The van der Waals surface area contributed by atoms with Gasteiger partial charge in [-0.2, -0.15) is 8.42 Å². The van der Waals surface area contributed by atoms with E-state index in [0.717, 1.165) is 18.2 Å². The van der Waals surface area contributed by atoms with E-state index < -0.39 is 33.1 Å². The van der Waals surface area contributed by atoms with Gasteiger partial charge >= 0.3 is 0 Å². The molecule has 1 spiro atoms. The topological polar surface area (TPSA) is 97.8 Å². The van der Waals surface area contributed by atoms with Crippen molar-refractivity contribution in [3.63, 3.8) is 0 Å². The van der Waals surface area contributed by atoms with Crippen molar-refractivity contribution >= 4 is 38.5 Å². The fourth-order valence-corrected chi connectivity index (χ4v) is 9.11. The lowest BCUT2D eigenvalue weighted by molar-refractivity contribution is -0.372. The number of carbonyl (C=O) groups is 3. The molecule has 0 bridgehead atoms. The summed E-state index contributed by atoms with van der Waals surface area (Å²) in [6, 6.07) is 10.0. The second-order valence-electron chi connectivity index (χ2n) is 9.39. The van der Waals surface area contributed by atoms with E-state index in [1.54, 1.807) is 36.4 Å². The molecule has 5 unspecified atom stereocenters. The zero-order chi connectivity index (χ0) is 20.6. The van der Waals surface area contributed by atoms with Crippen LogP contribution in [0.4, 0.5) is 0 Å². The number of nitrogens with zero attached hydrogens (tertiary/aromatic N) is 1. The van der Waals surface area contributed by atoms with Crippen LogP contribution in [0.1, 0.15) is 40.0 Å². The van der Waals surface area contributed by atoms with Crippen LogP contribution >= 0.6 is 0 Å². The van der Waals surface area contributed by atoms with E-state index in [4.69, 9.17) is 4.28 Å². The number of benzene rings is 2. The molecule has 2 aromatic carbocycles. The van der Waals surface area contributed by atoms with Gasteiger partial charge in [0.15, 0.2) is 0 Å². The number of rotatable bonds is 4. The molecule has 0 radical (unpaired) electrons. The standard InChI is InChI=1S/C22H17NO6S/c24-18-16-8-12-7-13-9-21(18,22(12,13)16)10-30(27,28)29-23-19(25)14-5-1-3-11-4-2-6-15(17(11)14)20(23)26/h1-6,12-13,16H,7-10H2. The van der Waals surface area contributed by atoms with Crippen molar-refractivity contribution in [3.8, 4) is 0 Å². The fourth-order valence-electron chi connectivity index (χ4n) is 7.59. The van der Waals surface area contributed by atoms with E-state index in [2.05, 4.69) is 0 Å². The van der Waals surface area contributed by atoms with Gasteiger partial charge in [-0.25, -0.2) is 0 Å². The molecule has 2 aromatic rings. The van der Waals surface area contributed by atoms with Crippen LogP contribution in [0.2, 0.25) is 0 Å². The van der Waals surface area contributed by atoms with Gasteiger partial charge in [-0.3, -0.25) is 14.4 Å². The molecular formula is C22H17NO6S. The Hall–Kier alpha value is -2.58. The van der Waals surface area contributed by atoms with E-state index in [9.17, 15) is 22.8 Å².